The number of rotatable bonds is 4. The molecule has 0 aliphatic heterocycles. The van der Waals surface area contributed by atoms with Gasteiger partial charge in [0.2, 0.25) is 11.6 Å². The van der Waals surface area contributed by atoms with Crippen molar-refractivity contribution in [3.8, 4) is 5.75 Å². The Balaban J connectivity index is 3.30. The van der Waals surface area contributed by atoms with Gasteiger partial charge < -0.3 is 4.74 Å². The third kappa shape index (κ3) is 3.35. The van der Waals surface area contributed by atoms with E-state index in [2.05, 4.69) is 4.74 Å². The van der Waals surface area contributed by atoms with Crippen LogP contribution in [0.1, 0.15) is 5.56 Å². The highest BCUT2D eigenvalue weighted by atomic mass is 19.4. The molecule has 0 radical (unpaired) electrons. The Bertz CT molecular complexity index is 534. The molecule has 0 saturated heterocycles. The van der Waals surface area contributed by atoms with Gasteiger partial charge in [-0.25, -0.2) is 17.6 Å². The minimum absolute atomic E-state index is 2.30. The lowest BCUT2D eigenvalue weighted by atomic mass is 10.1. The average molecular weight is 348 g/mol. The van der Waals surface area contributed by atoms with Crippen molar-refractivity contribution in [1.29, 1.82) is 0 Å². The molecule has 0 heterocycles. The maximum absolute atomic E-state index is 13.2. The van der Waals surface area contributed by atoms with Crippen LogP contribution in [0.2, 0.25) is 0 Å². The van der Waals surface area contributed by atoms with Crippen LogP contribution in [-0.4, -0.2) is 19.0 Å². The van der Waals surface area contributed by atoms with E-state index in [4.69, 9.17) is 0 Å². The number of halogens is 11. The molecule has 1 aromatic rings. The lowest BCUT2D eigenvalue weighted by Gasteiger charge is -2.18. The third-order valence-corrected chi connectivity index (χ3v) is 2.23. The summed E-state index contributed by atoms with van der Waals surface area (Å²) >= 11 is 0. The average Bonchev–Trinajstić information content (AvgIpc) is 2.34. The van der Waals surface area contributed by atoms with Gasteiger partial charge in [0.05, 0.1) is 0 Å². The summed E-state index contributed by atoms with van der Waals surface area (Å²) in [6.07, 6.45) is -10.2. The van der Waals surface area contributed by atoms with E-state index >= 15 is 0 Å². The van der Waals surface area contributed by atoms with Crippen molar-refractivity contribution in [2.24, 2.45) is 0 Å². The van der Waals surface area contributed by atoms with E-state index in [1.807, 2.05) is 0 Å². The largest absolute Gasteiger partial charge is 0.481 e. The molecule has 0 spiro atoms. The Kier molecular flexibility index (Phi) is 4.82. The molecule has 0 aliphatic carbocycles. The molecule has 1 nitrogen and oxygen atoms in total. The van der Waals surface area contributed by atoms with Crippen LogP contribution in [0.5, 0.6) is 5.75 Å². The quantitative estimate of drug-likeness (QED) is 0.573. The van der Waals surface area contributed by atoms with Gasteiger partial charge in [-0.05, 0) is 0 Å². The van der Waals surface area contributed by atoms with E-state index in [0.717, 1.165) is 0 Å². The van der Waals surface area contributed by atoms with Crippen LogP contribution in [0.3, 0.4) is 0 Å². The third-order valence-electron chi connectivity index (χ3n) is 2.23. The summed E-state index contributed by atoms with van der Waals surface area (Å²) in [6, 6.07) is 0. The molecule has 0 bridgehead atoms. The van der Waals surface area contributed by atoms with Crippen molar-refractivity contribution in [2.75, 3.05) is 6.61 Å². The Morgan fingerprint density at radius 2 is 1.18 bits per heavy atom. The summed E-state index contributed by atoms with van der Waals surface area (Å²) in [4.78, 5) is 0. The van der Waals surface area contributed by atoms with Crippen molar-refractivity contribution < 1.29 is 53.0 Å². The van der Waals surface area contributed by atoms with E-state index in [9.17, 15) is 48.3 Å². The Hall–Kier alpha value is -1.75. The predicted octanol–water partition coefficient (Wildman–Crippen LogP) is 4.54. The van der Waals surface area contributed by atoms with Gasteiger partial charge in [-0.1, -0.05) is 0 Å². The highest BCUT2D eigenvalue weighted by Gasteiger charge is 2.45. The molecule has 0 atom stereocenters. The monoisotopic (exact) mass is 348 g/mol. The Morgan fingerprint density at radius 3 is 1.50 bits per heavy atom. The first-order valence-corrected chi connectivity index (χ1v) is 5.02. The first kappa shape index (κ1) is 18.3. The van der Waals surface area contributed by atoms with Gasteiger partial charge in [0.25, 0.3) is 0 Å². The number of benzene rings is 1. The lowest BCUT2D eigenvalue weighted by molar-refractivity contribution is -0.149. The minimum atomic E-state index is -5.83. The van der Waals surface area contributed by atoms with Crippen LogP contribution in [0.15, 0.2) is 0 Å². The van der Waals surface area contributed by atoms with E-state index in [1.165, 1.54) is 0 Å². The molecule has 126 valence electrons. The Labute approximate surface area is 114 Å². The van der Waals surface area contributed by atoms with Gasteiger partial charge in [-0.15, -0.1) is 0 Å². The lowest BCUT2D eigenvalue weighted by Crippen LogP contribution is -2.34. The van der Waals surface area contributed by atoms with Crippen LogP contribution in [0, 0.1) is 23.3 Å². The van der Waals surface area contributed by atoms with Gasteiger partial charge >= 0.3 is 18.5 Å². The topological polar surface area (TPSA) is 9.23 Å². The number of hydrogen-bond donors (Lipinski definition) is 0. The normalized spacial score (nSPS) is 12.9. The van der Waals surface area contributed by atoms with Gasteiger partial charge in [0.1, 0.15) is 5.56 Å². The summed E-state index contributed by atoms with van der Waals surface area (Å²) in [7, 11) is 0. The fraction of sp³-hybridized carbons (Fsp3) is 0.400. The van der Waals surface area contributed by atoms with Crippen molar-refractivity contribution in [2.45, 2.75) is 18.5 Å². The zero-order chi connectivity index (χ0) is 17.5. The number of ether oxygens (including phenoxy) is 1. The molecule has 12 heteroatoms. The van der Waals surface area contributed by atoms with Crippen molar-refractivity contribution in [3.05, 3.63) is 28.8 Å². The smallest absolute Gasteiger partial charge is 0.422 e. The van der Waals surface area contributed by atoms with Gasteiger partial charge in [0, 0.05) is 0 Å². The second kappa shape index (κ2) is 5.80. The SMILES string of the molecule is Fc1c(F)c(C(F)(F)F)c(F)c(F)c1OCC(F)(F)C(F)F. The maximum Gasteiger partial charge on any atom is 0.422 e. The highest BCUT2D eigenvalue weighted by Crippen LogP contribution is 2.39. The van der Waals surface area contributed by atoms with Crippen LogP contribution in [-0.2, 0) is 6.18 Å². The predicted molar refractivity (Wildman–Crippen MR) is 47.7 cm³/mol. The molecule has 0 amide bonds. The number of hydrogen-bond acceptors (Lipinski definition) is 1. The van der Waals surface area contributed by atoms with E-state index in [0.29, 0.717) is 0 Å². The molecule has 0 N–H and O–H groups in total. The van der Waals surface area contributed by atoms with Crippen molar-refractivity contribution in [3.63, 3.8) is 0 Å². The molecule has 1 aromatic carbocycles. The molecule has 0 fully saturated rings. The zero-order valence-corrected chi connectivity index (χ0v) is 9.85. The standard InChI is InChI=1S/C10H3F11O/c11-3-2(10(19,20)21)4(12)6(14)7(5(3)13)22-1-9(17,18)8(15)16/h8H,1H2. The van der Waals surface area contributed by atoms with E-state index < -0.39 is 59.7 Å². The first-order valence-electron chi connectivity index (χ1n) is 5.02. The molecule has 22 heavy (non-hydrogen) atoms. The van der Waals surface area contributed by atoms with Crippen LogP contribution >= 0.6 is 0 Å². The summed E-state index contributed by atoms with van der Waals surface area (Å²) in [5.41, 5.74) is -2.95. The van der Waals surface area contributed by atoms with Gasteiger partial charge in [0.15, 0.2) is 24.0 Å². The van der Waals surface area contributed by atoms with Gasteiger partial charge in [-0.2, -0.15) is 30.7 Å². The second-order valence-corrected chi connectivity index (χ2v) is 3.81. The highest BCUT2D eigenvalue weighted by molar-refractivity contribution is 5.36. The van der Waals surface area contributed by atoms with E-state index in [1.54, 1.807) is 0 Å². The summed E-state index contributed by atoms with van der Waals surface area (Å²) < 4.78 is 141. The number of alkyl halides is 7. The minimum Gasteiger partial charge on any atom is -0.481 e. The maximum atomic E-state index is 13.2. The summed E-state index contributed by atoms with van der Waals surface area (Å²) in [6.45, 7) is -2.41. The fourth-order valence-corrected chi connectivity index (χ4v) is 1.22. The molecular formula is C10H3F11O. The van der Waals surface area contributed by atoms with Crippen molar-refractivity contribution >= 4 is 0 Å². The molecular weight excluding hydrogens is 345 g/mol. The molecule has 0 saturated carbocycles. The Morgan fingerprint density at radius 1 is 0.773 bits per heavy atom. The fourth-order valence-electron chi connectivity index (χ4n) is 1.22. The molecule has 0 aliphatic rings. The van der Waals surface area contributed by atoms with Crippen LogP contribution in [0.4, 0.5) is 48.3 Å². The van der Waals surface area contributed by atoms with E-state index in [-0.39, 0.29) is 0 Å². The van der Waals surface area contributed by atoms with Crippen LogP contribution in [0.25, 0.3) is 0 Å². The molecule has 0 aromatic heterocycles. The zero-order valence-electron chi connectivity index (χ0n) is 9.85. The van der Waals surface area contributed by atoms with Gasteiger partial charge in [-0.3, -0.25) is 0 Å². The molecule has 1 rings (SSSR count). The summed E-state index contributed by atoms with van der Waals surface area (Å²) in [5, 5.41) is 0. The summed E-state index contributed by atoms with van der Waals surface area (Å²) in [5.74, 6) is -18.7. The van der Waals surface area contributed by atoms with Crippen molar-refractivity contribution in [1.82, 2.24) is 0 Å². The van der Waals surface area contributed by atoms with Crippen LogP contribution < -0.4 is 4.74 Å². The first-order chi connectivity index (χ1) is 9.80. The second-order valence-electron chi connectivity index (χ2n) is 3.81. The molecule has 0 unspecified atom stereocenters.